The minimum atomic E-state index is -0.109. The van der Waals surface area contributed by atoms with Crippen LogP contribution in [0.25, 0.3) is 23.0 Å². The Labute approximate surface area is 218 Å². The lowest BCUT2D eigenvalue weighted by molar-refractivity contribution is -0.123. The second kappa shape index (κ2) is 9.99. The quantitative estimate of drug-likeness (QED) is 0.144. The number of halogens is 2. The van der Waals surface area contributed by atoms with E-state index in [1.54, 1.807) is 49.1 Å². The molecule has 37 heavy (non-hydrogen) atoms. The molecule has 1 aliphatic carbocycles. The third-order valence-electron chi connectivity index (χ3n) is 6.29. The largest absolute Gasteiger partial charge is 0.345 e. The van der Waals surface area contributed by atoms with Gasteiger partial charge in [0.15, 0.2) is 11.4 Å². The molecule has 4 aromatic rings. The summed E-state index contributed by atoms with van der Waals surface area (Å²) >= 11 is 6.12. The lowest BCUT2D eigenvalue weighted by Crippen LogP contribution is -2.18. The predicted molar refractivity (Wildman–Crippen MR) is 142 cm³/mol. The van der Waals surface area contributed by atoms with Crippen molar-refractivity contribution in [3.8, 4) is 16.9 Å². The van der Waals surface area contributed by atoms with Gasteiger partial charge in [-0.15, -0.1) is 0 Å². The van der Waals surface area contributed by atoms with Crippen molar-refractivity contribution in [3.05, 3.63) is 94.4 Å². The van der Waals surface area contributed by atoms with Crippen molar-refractivity contribution in [3.63, 3.8) is 0 Å². The highest BCUT2D eigenvalue weighted by Crippen LogP contribution is 2.40. The fourth-order valence-electron chi connectivity index (χ4n) is 4.36. The second-order valence-corrected chi connectivity index (χ2v) is 9.19. The van der Waals surface area contributed by atoms with Gasteiger partial charge >= 0.3 is 0 Å². The Morgan fingerprint density at radius 2 is 1.89 bits per heavy atom. The summed E-state index contributed by atoms with van der Waals surface area (Å²) in [5.74, 6) is -0.109. The highest BCUT2D eigenvalue weighted by atomic mass is 35.5. The molecule has 0 spiro atoms. The van der Waals surface area contributed by atoms with E-state index in [-0.39, 0.29) is 22.4 Å². The van der Waals surface area contributed by atoms with E-state index in [1.165, 1.54) is 17.2 Å². The summed E-state index contributed by atoms with van der Waals surface area (Å²) in [4.78, 5) is 29.2. The molecule has 0 saturated carbocycles. The number of fused-ring (bicyclic) bond motifs is 3. The van der Waals surface area contributed by atoms with Crippen molar-refractivity contribution in [1.82, 2.24) is 19.7 Å². The smallest absolute Gasteiger partial charge is 0.246 e. The molecule has 9 heteroatoms. The SMILES string of the molecule is CN(C)C(=O)/C=C/c1ccc(-n2nc(C=O)c3c2-c2cc(N(F)c4cccnc4Cl)ccc2CC3)cc1. The maximum atomic E-state index is 15.4. The standard InChI is InChI=1S/C28H23ClFN5O2/c1-33(2)26(37)14-7-18-5-10-20(11-6-18)35-27-22(24(17-36)32-35)13-9-19-8-12-21(16-23(19)27)34(30)25-4-3-15-31-28(25)29/h3-8,10-12,14-17H,9,13H2,1-2H3/b14-7+. The van der Waals surface area contributed by atoms with Crippen LogP contribution in [-0.2, 0) is 17.6 Å². The maximum absolute atomic E-state index is 15.4. The fraction of sp³-hybridized carbons (Fsp3) is 0.143. The summed E-state index contributed by atoms with van der Waals surface area (Å²) in [7, 11) is 3.38. The Morgan fingerprint density at radius 3 is 2.59 bits per heavy atom. The summed E-state index contributed by atoms with van der Waals surface area (Å²) in [6, 6.07) is 16.0. The van der Waals surface area contributed by atoms with Gasteiger partial charge in [0.1, 0.15) is 11.4 Å². The molecule has 5 rings (SSSR count). The van der Waals surface area contributed by atoms with Crippen LogP contribution in [-0.4, -0.2) is 46.0 Å². The Hall–Kier alpha value is -4.30. The zero-order valence-electron chi connectivity index (χ0n) is 20.2. The van der Waals surface area contributed by atoms with Crippen molar-refractivity contribution in [2.24, 2.45) is 0 Å². The number of nitrogens with zero attached hydrogens (tertiary/aromatic N) is 5. The zero-order chi connectivity index (χ0) is 26.1. The summed E-state index contributed by atoms with van der Waals surface area (Å²) in [6.45, 7) is 0. The van der Waals surface area contributed by atoms with E-state index >= 15 is 4.48 Å². The lowest BCUT2D eigenvalue weighted by atomic mass is 9.88. The first-order valence-electron chi connectivity index (χ1n) is 11.6. The van der Waals surface area contributed by atoms with Crippen LogP contribution in [0.15, 0.2) is 66.9 Å². The van der Waals surface area contributed by atoms with Gasteiger partial charge in [-0.25, -0.2) is 9.67 Å². The second-order valence-electron chi connectivity index (χ2n) is 8.84. The Balaban J connectivity index is 1.56. The van der Waals surface area contributed by atoms with Crippen LogP contribution >= 0.6 is 11.6 Å². The topological polar surface area (TPSA) is 71.3 Å². The number of hydrogen-bond acceptors (Lipinski definition) is 5. The third-order valence-corrected chi connectivity index (χ3v) is 6.58. The Kier molecular flexibility index (Phi) is 6.58. The molecule has 0 fully saturated rings. The van der Waals surface area contributed by atoms with Crippen molar-refractivity contribution in [2.75, 3.05) is 19.2 Å². The number of pyridine rings is 1. The van der Waals surface area contributed by atoms with E-state index in [2.05, 4.69) is 10.1 Å². The average molecular weight is 516 g/mol. The number of aldehydes is 1. The average Bonchev–Trinajstić information content (AvgIpc) is 3.31. The van der Waals surface area contributed by atoms with E-state index < -0.39 is 0 Å². The van der Waals surface area contributed by atoms with Gasteiger partial charge in [0.25, 0.3) is 0 Å². The number of rotatable bonds is 6. The van der Waals surface area contributed by atoms with E-state index in [0.717, 1.165) is 39.9 Å². The molecular formula is C28H23ClFN5O2. The van der Waals surface area contributed by atoms with Crippen LogP contribution in [0.3, 0.4) is 0 Å². The number of likely N-dealkylation sites (N-methyl/N-ethyl adjacent to an activating group) is 1. The first kappa shape index (κ1) is 24.4. The first-order valence-corrected chi connectivity index (χ1v) is 12.0. The molecule has 2 aromatic heterocycles. The van der Waals surface area contributed by atoms with Gasteiger partial charge in [-0.05, 0) is 66.4 Å². The third kappa shape index (κ3) is 4.63. The molecule has 0 unspecified atom stereocenters. The molecule has 2 heterocycles. The van der Waals surface area contributed by atoms with Crippen molar-refractivity contribution < 1.29 is 14.1 Å². The van der Waals surface area contributed by atoms with Gasteiger partial charge in [-0.1, -0.05) is 34.3 Å². The van der Waals surface area contributed by atoms with Crippen LogP contribution < -0.4 is 5.12 Å². The van der Waals surface area contributed by atoms with Gasteiger partial charge in [0, 0.05) is 37.5 Å². The Morgan fingerprint density at radius 1 is 1.11 bits per heavy atom. The molecule has 2 aromatic carbocycles. The monoisotopic (exact) mass is 515 g/mol. The van der Waals surface area contributed by atoms with Gasteiger partial charge in [-0.2, -0.15) is 10.2 Å². The molecule has 0 N–H and O–H groups in total. The van der Waals surface area contributed by atoms with Crippen LogP contribution in [0.4, 0.5) is 15.9 Å². The zero-order valence-corrected chi connectivity index (χ0v) is 21.0. The molecule has 186 valence electrons. The van der Waals surface area contributed by atoms with Gasteiger partial charge in [0.2, 0.25) is 5.91 Å². The molecule has 1 amide bonds. The molecule has 0 bridgehead atoms. The van der Waals surface area contributed by atoms with E-state index in [1.807, 2.05) is 30.3 Å². The van der Waals surface area contributed by atoms with Crippen molar-refractivity contribution >= 4 is 41.2 Å². The molecule has 0 radical (unpaired) electrons. The van der Waals surface area contributed by atoms with Crippen molar-refractivity contribution in [1.29, 1.82) is 0 Å². The highest BCUT2D eigenvalue weighted by Gasteiger charge is 2.27. The molecule has 0 aliphatic heterocycles. The van der Waals surface area contributed by atoms with E-state index in [9.17, 15) is 9.59 Å². The van der Waals surface area contributed by atoms with Gasteiger partial charge in [0.05, 0.1) is 17.1 Å². The highest BCUT2D eigenvalue weighted by molar-refractivity contribution is 6.32. The Bertz CT molecular complexity index is 1530. The number of benzene rings is 2. The van der Waals surface area contributed by atoms with E-state index in [0.29, 0.717) is 23.7 Å². The predicted octanol–water partition coefficient (Wildman–Crippen LogP) is 5.62. The number of amides is 1. The summed E-state index contributed by atoms with van der Waals surface area (Å²) in [6.07, 6.45) is 6.85. The van der Waals surface area contributed by atoms with Crippen molar-refractivity contribution in [2.45, 2.75) is 12.8 Å². The molecular weight excluding hydrogens is 493 g/mol. The van der Waals surface area contributed by atoms with Gasteiger partial charge in [-0.3, -0.25) is 9.59 Å². The van der Waals surface area contributed by atoms with Crippen LogP contribution in [0, 0.1) is 0 Å². The normalized spacial score (nSPS) is 12.2. The minimum Gasteiger partial charge on any atom is -0.345 e. The number of anilines is 2. The number of aryl methyl sites for hydroxylation is 1. The maximum Gasteiger partial charge on any atom is 0.246 e. The molecule has 0 atom stereocenters. The molecule has 1 aliphatic rings. The number of hydrogen-bond donors (Lipinski definition) is 0. The summed E-state index contributed by atoms with van der Waals surface area (Å²) in [5.41, 5.74) is 5.77. The minimum absolute atomic E-state index is 0.0538. The lowest BCUT2D eigenvalue weighted by Gasteiger charge is -2.22. The fourth-order valence-corrected chi connectivity index (χ4v) is 4.56. The van der Waals surface area contributed by atoms with Crippen LogP contribution in [0.1, 0.15) is 27.2 Å². The summed E-state index contributed by atoms with van der Waals surface area (Å²) < 4.78 is 17.1. The number of carbonyl (C=O) groups is 2. The molecule has 7 nitrogen and oxygen atoms in total. The van der Waals surface area contributed by atoms with Crippen LogP contribution in [0.5, 0.6) is 0 Å². The molecule has 0 saturated heterocycles. The van der Waals surface area contributed by atoms with E-state index in [4.69, 9.17) is 11.6 Å². The van der Waals surface area contributed by atoms with Gasteiger partial charge < -0.3 is 4.90 Å². The summed E-state index contributed by atoms with van der Waals surface area (Å²) in [5, 5.41) is 5.14. The number of aromatic nitrogens is 3. The number of carbonyl (C=O) groups excluding carboxylic acids is 2. The first-order chi connectivity index (χ1) is 17.9. The van der Waals surface area contributed by atoms with Crippen LogP contribution in [0.2, 0.25) is 5.15 Å².